The zero-order valence-electron chi connectivity index (χ0n) is 10.1. The standard InChI is InChI=1S/C14H15NO2/c1-4-17-13(16)14(3,10-15)11(2)12-8-6-5-7-9-12/h5-9H,2,4H2,1,3H3. The lowest BCUT2D eigenvalue weighted by atomic mass is 9.81. The van der Waals surface area contributed by atoms with Gasteiger partial charge in [-0.1, -0.05) is 36.9 Å². The van der Waals surface area contributed by atoms with Crippen molar-refractivity contribution in [3.63, 3.8) is 0 Å². The highest BCUT2D eigenvalue weighted by Crippen LogP contribution is 2.34. The molecule has 0 radical (unpaired) electrons. The molecule has 0 spiro atoms. The normalized spacial score (nSPS) is 13.2. The second-order valence-corrected chi connectivity index (χ2v) is 3.80. The molecule has 88 valence electrons. The smallest absolute Gasteiger partial charge is 0.330 e. The number of esters is 1. The number of nitriles is 1. The first-order valence-electron chi connectivity index (χ1n) is 5.39. The molecule has 1 aromatic rings. The molecule has 1 rings (SSSR count). The summed E-state index contributed by atoms with van der Waals surface area (Å²) in [5.41, 5.74) is -0.110. The van der Waals surface area contributed by atoms with Crippen molar-refractivity contribution in [2.75, 3.05) is 6.61 Å². The molecule has 0 aliphatic carbocycles. The minimum Gasteiger partial charge on any atom is -0.465 e. The van der Waals surface area contributed by atoms with Gasteiger partial charge in [-0.2, -0.15) is 5.26 Å². The van der Waals surface area contributed by atoms with Gasteiger partial charge >= 0.3 is 5.97 Å². The average molecular weight is 229 g/mol. The molecule has 0 heterocycles. The summed E-state index contributed by atoms with van der Waals surface area (Å²) in [7, 11) is 0. The lowest BCUT2D eigenvalue weighted by molar-refractivity contribution is -0.148. The molecule has 0 saturated heterocycles. The van der Waals surface area contributed by atoms with Crippen molar-refractivity contribution >= 4 is 11.5 Å². The van der Waals surface area contributed by atoms with E-state index in [9.17, 15) is 10.1 Å². The molecule has 1 aromatic carbocycles. The highest BCUT2D eigenvalue weighted by Gasteiger charge is 2.38. The maximum atomic E-state index is 11.8. The fourth-order valence-corrected chi connectivity index (χ4v) is 1.44. The van der Waals surface area contributed by atoms with E-state index in [1.54, 1.807) is 6.92 Å². The fraction of sp³-hybridized carbons (Fsp3) is 0.286. The number of rotatable bonds is 4. The van der Waals surface area contributed by atoms with Crippen LogP contribution in [0.15, 0.2) is 36.9 Å². The largest absolute Gasteiger partial charge is 0.465 e. The van der Waals surface area contributed by atoms with E-state index in [0.29, 0.717) is 5.57 Å². The Kier molecular flexibility index (Phi) is 4.06. The van der Waals surface area contributed by atoms with Gasteiger partial charge in [0, 0.05) is 0 Å². The van der Waals surface area contributed by atoms with E-state index in [2.05, 4.69) is 6.58 Å². The maximum absolute atomic E-state index is 11.8. The SMILES string of the molecule is C=C(c1ccccc1)C(C)(C#N)C(=O)OCC. The minimum absolute atomic E-state index is 0.248. The van der Waals surface area contributed by atoms with Gasteiger partial charge in [-0.05, 0) is 25.0 Å². The summed E-state index contributed by atoms with van der Waals surface area (Å²) in [4.78, 5) is 11.8. The van der Waals surface area contributed by atoms with Gasteiger partial charge in [0.15, 0.2) is 5.41 Å². The number of carbonyl (C=O) groups is 1. The fourth-order valence-electron chi connectivity index (χ4n) is 1.44. The monoisotopic (exact) mass is 229 g/mol. The summed E-state index contributed by atoms with van der Waals surface area (Å²) >= 11 is 0. The van der Waals surface area contributed by atoms with Gasteiger partial charge in [-0.25, -0.2) is 4.79 Å². The molecule has 3 heteroatoms. The maximum Gasteiger partial charge on any atom is 0.330 e. The second kappa shape index (κ2) is 5.31. The highest BCUT2D eigenvalue weighted by molar-refractivity contribution is 5.95. The van der Waals surface area contributed by atoms with E-state index >= 15 is 0 Å². The first-order valence-corrected chi connectivity index (χ1v) is 5.39. The van der Waals surface area contributed by atoms with Crippen LogP contribution < -0.4 is 0 Å². The van der Waals surface area contributed by atoms with Crippen LogP contribution in [-0.4, -0.2) is 12.6 Å². The van der Waals surface area contributed by atoms with Gasteiger partial charge in [0.25, 0.3) is 0 Å². The van der Waals surface area contributed by atoms with E-state index in [1.165, 1.54) is 6.92 Å². The zero-order chi connectivity index (χ0) is 12.9. The van der Waals surface area contributed by atoms with Crippen molar-refractivity contribution < 1.29 is 9.53 Å². The molecule has 0 amide bonds. The predicted octanol–water partition coefficient (Wildman–Crippen LogP) is 2.79. The Bertz CT molecular complexity index is 459. The van der Waals surface area contributed by atoms with Crippen molar-refractivity contribution in [1.82, 2.24) is 0 Å². The predicted molar refractivity (Wildman–Crippen MR) is 65.8 cm³/mol. The molecule has 0 aliphatic rings. The van der Waals surface area contributed by atoms with E-state index < -0.39 is 11.4 Å². The van der Waals surface area contributed by atoms with Crippen molar-refractivity contribution in [2.45, 2.75) is 13.8 Å². The summed E-state index contributed by atoms with van der Waals surface area (Å²) < 4.78 is 4.92. The van der Waals surface area contributed by atoms with Gasteiger partial charge in [0.2, 0.25) is 0 Å². The van der Waals surface area contributed by atoms with E-state index in [0.717, 1.165) is 5.56 Å². The Balaban J connectivity index is 3.08. The van der Waals surface area contributed by atoms with Gasteiger partial charge in [-0.15, -0.1) is 0 Å². The molecule has 0 aromatic heterocycles. The van der Waals surface area contributed by atoms with Crippen molar-refractivity contribution in [3.05, 3.63) is 42.5 Å². The van der Waals surface area contributed by atoms with Gasteiger partial charge in [0.05, 0.1) is 12.7 Å². The van der Waals surface area contributed by atoms with Gasteiger partial charge in [0.1, 0.15) is 0 Å². The Morgan fingerprint density at radius 3 is 2.53 bits per heavy atom. The molecule has 0 bridgehead atoms. The molecule has 0 fully saturated rings. The quantitative estimate of drug-likeness (QED) is 0.746. The van der Waals surface area contributed by atoms with Crippen LogP contribution >= 0.6 is 0 Å². The third-order valence-electron chi connectivity index (χ3n) is 2.63. The highest BCUT2D eigenvalue weighted by atomic mass is 16.5. The molecule has 17 heavy (non-hydrogen) atoms. The Hall–Kier alpha value is -2.08. The number of hydrogen-bond acceptors (Lipinski definition) is 3. The molecule has 0 saturated carbocycles. The molecule has 1 atom stereocenters. The third kappa shape index (κ3) is 2.54. The molecule has 3 nitrogen and oxygen atoms in total. The molecular weight excluding hydrogens is 214 g/mol. The van der Waals surface area contributed by atoms with Crippen LogP contribution in [0.4, 0.5) is 0 Å². The van der Waals surface area contributed by atoms with Crippen LogP contribution in [-0.2, 0) is 9.53 Å². The summed E-state index contributed by atoms with van der Waals surface area (Å²) in [6.07, 6.45) is 0. The van der Waals surface area contributed by atoms with E-state index in [4.69, 9.17) is 4.74 Å². The van der Waals surface area contributed by atoms with Crippen LogP contribution in [0.1, 0.15) is 19.4 Å². The van der Waals surface area contributed by atoms with Crippen LogP contribution in [0.5, 0.6) is 0 Å². The second-order valence-electron chi connectivity index (χ2n) is 3.80. The number of carbonyl (C=O) groups excluding carboxylic acids is 1. The number of hydrogen-bond donors (Lipinski definition) is 0. The first kappa shape index (κ1) is 13.0. The molecule has 0 aliphatic heterocycles. The van der Waals surface area contributed by atoms with Crippen LogP contribution in [0.25, 0.3) is 5.57 Å². The summed E-state index contributed by atoms with van der Waals surface area (Å²) in [6, 6.07) is 11.2. The Morgan fingerprint density at radius 2 is 2.06 bits per heavy atom. The average Bonchev–Trinajstić information content (AvgIpc) is 2.38. The molecule has 1 unspecified atom stereocenters. The third-order valence-corrected chi connectivity index (χ3v) is 2.63. The van der Waals surface area contributed by atoms with Crippen LogP contribution in [0.2, 0.25) is 0 Å². The van der Waals surface area contributed by atoms with Crippen molar-refractivity contribution in [3.8, 4) is 6.07 Å². The van der Waals surface area contributed by atoms with Crippen LogP contribution in [0, 0.1) is 16.7 Å². The lowest BCUT2D eigenvalue weighted by Crippen LogP contribution is -2.29. The zero-order valence-corrected chi connectivity index (χ0v) is 10.1. The Morgan fingerprint density at radius 1 is 1.47 bits per heavy atom. The summed E-state index contributed by atoms with van der Waals surface area (Å²) in [5.74, 6) is -0.559. The van der Waals surface area contributed by atoms with Gasteiger partial charge < -0.3 is 4.74 Å². The summed E-state index contributed by atoms with van der Waals surface area (Å²) in [6.45, 7) is 7.33. The van der Waals surface area contributed by atoms with Crippen molar-refractivity contribution in [1.29, 1.82) is 5.26 Å². The van der Waals surface area contributed by atoms with Crippen LogP contribution in [0.3, 0.4) is 0 Å². The molecule has 0 N–H and O–H groups in total. The van der Waals surface area contributed by atoms with E-state index in [-0.39, 0.29) is 6.61 Å². The topological polar surface area (TPSA) is 50.1 Å². The number of benzene rings is 1. The molecular formula is C14H15NO2. The lowest BCUT2D eigenvalue weighted by Gasteiger charge is -2.22. The van der Waals surface area contributed by atoms with Crippen molar-refractivity contribution in [2.24, 2.45) is 5.41 Å². The number of nitrogens with zero attached hydrogens (tertiary/aromatic N) is 1. The van der Waals surface area contributed by atoms with Gasteiger partial charge in [-0.3, -0.25) is 0 Å². The van der Waals surface area contributed by atoms with E-state index in [1.807, 2.05) is 36.4 Å². The Labute approximate surface area is 101 Å². The summed E-state index contributed by atoms with van der Waals surface area (Å²) in [5, 5.41) is 9.20. The number of ether oxygens (including phenoxy) is 1. The minimum atomic E-state index is -1.34. The first-order chi connectivity index (χ1) is 8.06.